The first-order valence-electron chi connectivity index (χ1n) is 6.15. The lowest BCUT2D eigenvalue weighted by molar-refractivity contribution is -0.131. The Bertz CT molecular complexity index is 646. The highest BCUT2D eigenvalue weighted by atomic mass is 32.2. The summed E-state index contributed by atoms with van der Waals surface area (Å²) in [4.78, 5) is 21.9. The maximum atomic E-state index is 11.5. The fourth-order valence-corrected chi connectivity index (χ4v) is 2.23. The Labute approximate surface area is 123 Å². The van der Waals surface area contributed by atoms with Crippen molar-refractivity contribution in [3.8, 4) is 0 Å². The molecule has 1 amide bonds. The van der Waals surface area contributed by atoms with Gasteiger partial charge in [-0.25, -0.2) is 13.2 Å². The van der Waals surface area contributed by atoms with E-state index in [1.165, 1.54) is 6.08 Å². The third kappa shape index (κ3) is 6.71. The minimum atomic E-state index is -3.35. The molecule has 1 rings (SSSR count). The van der Waals surface area contributed by atoms with Crippen LogP contribution in [0.1, 0.15) is 24.1 Å². The summed E-state index contributed by atoms with van der Waals surface area (Å²) in [5, 5.41) is 11.1. The number of aliphatic carboxylic acids is 1. The molecule has 0 aliphatic heterocycles. The van der Waals surface area contributed by atoms with Gasteiger partial charge >= 0.3 is 5.97 Å². The molecule has 6 nitrogen and oxygen atoms in total. The zero-order valence-electron chi connectivity index (χ0n) is 11.7. The van der Waals surface area contributed by atoms with Gasteiger partial charge < -0.3 is 10.4 Å². The second-order valence-electron chi connectivity index (χ2n) is 4.70. The first-order valence-corrected chi connectivity index (χ1v) is 8.21. The predicted molar refractivity (Wildman–Crippen MR) is 79.4 cm³/mol. The minimum Gasteiger partial charge on any atom is -0.478 e. The van der Waals surface area contributed by atoms with Crippen LogP contribution >= 0.6 is 0 Å². The van der Waals surface area contributed by atoms with E-state index in [1.807, 2.05) is 0 Å². The lowest BCUT2D eigenvalue weighted by Gasteiger charge is -2.14. The third-order valence-corrected chi connectivity index (χ3v) is 3.41. The van der Waals surface area contributed by atoms with Crippen molar-refractivity contribution in [2.24, 2.45) is 0 Å². The monoisotopic (exact) mass is 311 g/mol. The standard InChI is InChI=1S/C14H17NO5S/c1-10(15-13(16)9-21(2,19)20)12-6-3-11(4-7-12)5-8-14(17)18/h3-8,10H,9H2,1-2H3,(H,15,16)(H,17,18). The maximum absolute atomic E-state index is 11.5. The number of amides is 1. The van der Waals surface area contributed by atoms with E-state index in [2.05, 4.69) is 5.32 Å². The van der Waals surface area contributed by atoms with Crippen LogP contribution in [0.2, 0.25) is 0 Å². The van der Waals surface area contributed by atoms with Gasteiger partial charge in [0.25, 0.3) is 0 Å². The van der Waals surface area contributed by atoms with Crippen molar-refractivity contribution in [1.29, 1.82) is 0 Å². The summed E-state index contributed by atoms with van der Waals surface area (Å²) < 4.78 is 22.0. The molecule has 0 spiro atoms. The van der Waals surface area contributed by atoms with Gasteiger partial charge in [-0.3, -0.25) is 4.79 Å². The number of sulfone groups is 1. The zero-order valence-corrected chi connectivity index (χ0v) is 12.6. The van der Waals surface area contributed by atoms with Crippen molar-refractivity contribution in [2.45, 2.75) is 13.0 Å². The minimum absolute atomic E-state index is 0.336. The second kappa shape index (κ2) is 7.03. The first-order chi connectivity index (χ1) is 9.67. The largest absolute Gasteiger partial charge is 0.478 e. The zero-order chi connectivity index (χ0) is 16.0. The molecule has 1 unspecified atom stereocenters. The van der Waals surface area contributed by atoms with Gasteiger partial charge in [0, 0.05) is 12.3 Å². The summed E-state index contributed by atoms with van der Waals surface area (Å²) in [6, 6.07) is 6.58. The van der Waals surface area contributed by atoms with Crippen LogP contribution in [0.5, 0.6) is 0 Å². The Morgan fingerprint density at radius 3 is 2.33 bits per heavy atom. The van der Waals surface area contributed by atoms with Gasteiger partial charge in [0.1, 0.15) is 5.75 Å². The van der Waals surface area contributed by atoms with Crippen LogP contribution in [0, 0.1) is 0 Å². The number of carboxylic acid groups (broad SMARTS) is 1. The van der Waals surface area contributed by atoms with Gasteiger partial charge in [-0.15, -0.1) is 0 Å². The van der Waals surface area contributed by atoms with Crippen LogP contribution in [-0.4, -0.2) is 37.4 Å². The number of rotatable bonds is 6. The molecule has 0 aromatic heterocycles. The highest BCUT2D eigenvalue weighted by Gasteiger charge is 2.14. The van der Waals surface area contributed by atoms with Crippen molar-refractivity contribution in [1.82, 2.24) is 5.32 Å². The van der Waals surface area contributed by atoms with Crippen LogP contribution in [0.3, 0.4) is 0 Å². The molecule has 0 aliphatic carbocycles. The average molecular weight is 311 g/mol. The van der Waals surface area contributed by atoms with Crippen LogP contribution < -0.4 is 5.32 Å². The highest BCUT2D eigenvalue weighted by Crippen LogP contribution is 2.14. The topological polar surface area (TPSA) is 101 Å². The van der Waals surface area contributed by atoms with Crippen LogP contribution in [-0.2, 0) is 19.4 Å². The van der Waals surface area contributed by atoms with E-state index in [4.69, 9.17) is 5.11 Å². The Morgan fingerprint density at radius 1 is 1.29 bits per heavy atom. The lowest BCUT2D eigenvalue weighted by Crippen LogP contribution is -2.32. The molecular weight excluding hydrogens is 294 g/mol. The summed E-state index contributed by atoms with van der Waals surface area (Å²) in [6.45, 7) is 1.74. The summed E-state index contributed by atoms with van der Waals surface area (Å²) in [5.41, 5.74) is 1.51. The molecule has 0 saturated heterocycles. The van der Waals surface area contributed by atoms with E-state index in [9.17, 15) is 18.0 Å². The molecule has 2 N–H and O–H groups in total. The molecule has 114 valence electrons. The van der Waals surface area contributed by atoms with Gasteiger partial charge in [-0.1, -0.05) is 24.3 Å². The van der Waals surface area contributed by atoms with E-state index < -0.39 is 27.5 Å². The van der Waals surface area contributed by atoms with Crippen molar-refractivity contribution >= 4 is 27.8 Å². The fraction of sp³-hybridized carbons (Fsp3) is 0.286. The smallest absolute Gasteiger partial charge is 0.328 e. The number of carboxylic acids is 1. The molecule has 21 heavy (non-hydrogen) atoms. The first kappa shape index (κ1) is 16.9. The fourth-order valence-electron chi connectivity index (χ4n) is 1.67. The van der Waals surface area contributed by atoms with Gasteiger partial charge in [-0.05, 0) is 24.1 Å². The number of nitrogens with one attached hydrogen (secondary N) is 1. The molecule has 0 saturated carbocycles. The number of hydrogen-bond acceptors (Lipinski definition) is 4. The van der Waals surface area contributed by atoms with Crippen LogP contribution in [0.15, 0.2) is 30.3 Å². The molecule has 1 aromatic carbocycles. The Kier molecular flexibility index (Phi) is 5.66. The number of hydrogen-bond donors (Lipinski definition) is 2. The number of carbonyl (C=O) groups excluding carboxylic acids is 1. The number of carbonyl (C=O) groups is 2. The quantitative estimate of drug-likeness (QED) is 0.764. The molecule has 0 fully saturated rings. The van der Waals surface area contributed by atoms with Crippen molar-refractivity contribution < 1.29 is 23.1 Å². The maximum Gasteiger partial charge on any atom is 0.328 e. The van der Waals surface area contributed by atoms with Gasteiger partial charge in [0.15, 0.2) is 9.84 Å². The van der Waals surface area contributed by atoms with E-state index >= 15 is 0 Å². The van der Waals surface area contributed by atoms with Gasteiger partial charge in [-0.2, -0.15) is 0 Å². The van der Waals surface area contributed by atoms with E-state index in [0.717, 1.165) is 23.5 Å². The molecule has 0 radical (unpaired) electrons. The van der Waals surface area contributed by atoms with Crippen molar-refractivity contribution in [3.05, 3.63) is 41.5 Å². The highest BCUT2D eigenvalue weighted by molar-refractivity contribution is 7.91. The lowest BCUT2D eigenvalue weighted by atomic mass is 10.1. The summed E-state index contributed by atoms with van der Waals surface area (Å²) in [7, 11) is -3.35. The third-order valence-electron chi connectivity index (χ3n) is 2.63. The van der Waals surface area contributed by atoms with Gasteiger partial charge in [0.05, 0.1) is 6.04 Å². The predicted octanol–water partition coefficient (Wildman–Crippen LogP) is 1.01. The molecule has 0 aliphatic rings. The van der Waals surface area contributed by atoms with Crippen molar-refractivity contribution in [2.75, 3.05) is 12.0 Å². The van der Waals surface area contributed by atoms with Crippen LogP contribution in [0.4, 0.5) is 0 Å². The van der Waals surface area contributed by atoms with E-state index in [-0.39, 0.29) is 6.04 Å². The Morgan fingerprint density at radius 2 is 1.86 bits per heavy atom. The molecule has 7 heteroatoms. The molecule has 0 bridgehead atoms. The van der Waals surface area contributed by atoms with Crippen molar-refractivity contribution in [3.63, 3.8) is 0 Å². The Balaban J connectivity index is 2.69. The SMILES string of the molecule is CC(NC(=O)CS(C)(=O)=O)c1ccc(C=CC(=O)O)cc1. The average Bonchev–Trinajstić information content (AvgIpc) is 2.34. The molecular formula is C14H17NO5S. The van der Waals surface area contributed by atoms with Crippen LogP contribution in [0.25, 0.3) is 6.08 Å². The summed E-state index contributed by atoms with van der Waals surface area (Å²) in [6.07, 6.45) is 3.49. The molecule has 1 aromatic rings. The normalized spacial score (nSPS) is 13.0. The second-order valence-corrected chi connectivity index (χ2v) is 6.84. The van der Waals surface area contributed by atoms with Gasteiger partial charge in [0.2, 0.25) is 5.91 Å². The van der Waals surface area contributed by atoms with E-state index in [0.29, 0.717) is 0 Å². The Hall–Kier alpha value is -2.15. The summed E-state index contributed by atoms with van der Waals surface area (Å²) in [5.74, 6) is -2.13. The summed E-state index contributed by atoms with van der Waals surface area (Å²) >= 11 is 0. The van der Waals surface area contributed by atoms with E-state index in [1.54, 1.807) is 31.2 Å². The molecule has 1 atom stereocenters. The molecule has 0 heterocycles. The number of benzene rings is 1.